The zero-order chi connectivity index (χ0) is 21.5. The van der Waals surface area contributed by atoms with Crippen LogP contribution >= 0.6 is 0 Å². The number of rotatable bonds is 4. The molecule has 10 heteroatoms. The molecule has 4 heterocycles. The van der Waals surface area contributed by atoms with E-state index in [-0.39, 0.29) is 5.91 Å². The number of amides is 1. The number of pyridine rings is 1. The number of benzene rings is 1. The molecule has 154 valence electrons. The van der Waals surface area contributed by atoms with Crippen LogP contribution in [0.15, 0.2) is 51.7 Å². The second-order valence-electron chi connectivity index (χ2n) is 7.09. The summed E-state index contributed by atoms with van der Waals surface area (Å²) >= 11 is 0. The molecule has 10 nitrogen and oxygen atoms in total. The van der Waals surface area contributed by atoms with Gasteiger partial charge in [0.2, 0.25) is 0 Å². The lowest BCUT2D eigenvalue weighted by Crippen LogP contribution is -2.13. The van der Waals surface area contributed by atoms with E-state index >= 15 is 0 Å². The summed E-state index contributed by atoms with van der Waals surface area (Å²) in [7, 11) is 0. The highest BCUT2D eigenvalue weighted by Gasteiger charge is 2.21. The van der Waals surface area contributed by atoms with Gasteiger partial charge < -0.3 is 14.3 Å². The normalized spacial score (nSPS) is 11.2. The predicted molar refractivity (Wildman–Crippen MR) is 111 cm³/mol. The molecule has 1 aromatic carbocycles. The number of tetrazole rings is 1. The third kappa shape index (κ3) is 3.33. The third-order valence-electron chi connectivity index (χ3n) is 4.92. The highest BCUT2D eigenvalue weighted by atomic mass is 16.5. The molecule has 0 saturated heterocycles. The van der Waals surface area contributed by atoms with Gasteiger partial charge in [-0.25, -0.2) is 9.67 Å². The Labute approximate surface area is 175 Å². The number of anilines is 1. The largest absolute Gasteiger partial charge is 0.466 e. The zero-order valence-electron chi connectivity index (χ0n) is 16.9. The molecule has 0 unspecified atom stereocenters. The molecular weight excluding hydrogens is 398 g/mol. The summed E-state index contributed by atoms with van der Waals surface area (Å²) < 4.78 is 12.5. The average molecular weight is 415 g/mol. The summed E-state index contributed by atoms with van der Waals surface area (Å²) in [5, 5.41) is 18.6. The van der Waals surface area contributed by atoms with Crippen LogP contribution in [-0.4, -0.2) is 36.3 Å². The number of aryl methyl sites for hydroxylation is 3. The number of fused-ring (bicyclic) bond motifs is 1. The topological polar surface area (TPSA) is 125 Å². The zero-order valence-corrected chi connectivity index (χ0v) is 16.9. The molecule has 0 aliphatic carbocycles. The maximum atomic E-state index is 13.2. The first-order valence-electron chi connectivity index (χ1n) is 9.49. The number of nitrogens with one attached hydrogen (secondary N) is 1. The maximum Gasteiger partial charge on any atom is 0.259 e. The Morgan fingerprint density at radius 1 is 1.10 bits per heavy atom. The van der Waals surface area contributed by atoms with Crippen LogP contribution < -0.4 is 5.32 Å². The van der Waals surface area contributed by atoms with E-state index in [2.05, 4.69) is 31.0 Å². The standard InChI is InChI=1S/C21H17N7O3/c1-11-8-16(13(3)30-11)18-9-17(19-12(2)25-31-21(19)24-18)20(29)23-14-4-6-15(7-5-14)28-10-22-26-27-28/h4-10H,1-3H3,(H,23,29). The molecule has 1 amide bonds. The number of aromatic nitrogens is 6. The minimum absolute atomic E-state index is 0.298. The van der Waals surface area contributed by atoms with Crippen LogP contribution in [0.3, 0.4) is 0 Å². The van der Waals surface area contributed by atoms with Crippen molar-refractivity contribution in [1.29, 1.82) is 0 Å². The third-order valence-corrected chi connectivity index (χ3v) is 4.92. The summed E-state index contributed by atoms with van der Waals surface area (Å²) in [6.07, 6.45) is 1.50. The van der Waals surface area contributed by atoms with Crippen LogP contribution in [0.5, 0.6) is 0 Å². The number of hydrogen-bond donors (Lipinski definition) is 1. The van der Waals surface area contributed by atoms with Gasteiger partial charge >= 0.3 is 0 Å². The second-order valence-corrected chi connectivity index (χ2v) is 7.09. The Hall–Kier alpha value is -4.34. The van der Waals surface area contributed by atoms with Crippen LogP contribution in [0, 0.1) is 20.8 Å². The molecule has 5 aromatic rings. The van der Waals surface area contributed by atoms with Crippen molar-refractivity contribution < 1.29 is 13.7 Å². The van der Waals surface area contributed by atoms with Crippen molar-refractivity contribution in [2.75, 3.05) is 5.32 Å². The summed E-state index contributed by atoms with van der Waals surface area (Å²) in [5.41, 5.74) is 4.09. The molecule has 0 aliphatic heterocycles. The number of hydrogen-bond acceptors (Lipinski definition) is 8. The van der Waals surface area contributed by atoms with Crippen LogP contribution in [0.25, 0.3) is 28.0 Å². The quantitative estimate of drug-likeness (QED) is 0.472. The van der Waals surface area contributed by atoms with Crippen molar-refractivity contribution in [2.24, 2.45) is 0 Å². The molecule has 5 rings (SSSR count). The molecule has 31 heavy (non-hydrogen) atoms. The first-order valence-corrected chi connectivity index (χ1v) is 9.49. The SMILES string of the molecule is Cc1cc(-c2cc(C(=O)Nc3ccc(-n4cnnn4)cc3)c3c(C)noc3n2)c(C)o1. The van der Waals surface area contributed by atoms with E-state index in [0.29, 0.717) is 39.5 Å². The van der Waals surface area contributed by atoms with Crippen LogP contribution in [0.2, 0.25) is 0 Å². The van der Waals surface area contributed by atoms with E-state index in [1.807, 2.05) is 32.0 Å². The Kier molecular flexibility index (Phi) is 4.32. The van der Waals surface area contributed by atoms with E-state index in [9.17, 15) is 4.79 Å². The van der Waals surface area contributed by atoms with Gasteiger partial charge in [0.1, 0.15) is 17.8 Å². The molecule has 0 radical (unpaired) electrons. The Balaban J connectivity index is 1.52. The van der Waals surface area contributed by atoms with E-state index < -0.39 is 0 Å². The molecule has 0 fully saturated rings. The van der Waals surface area contributed by atoms with Crippen LogP contribution in [0.4, 0.5) is 5.69 Å². The monoisotopic (exact) mass is 415 g/mol. The van der Waals surface area contributed by atoms with Gasteiger partial charge in [0.25, 0.3) is 11.6 Å². The van der Waals surface area contributed by atoms with Crippen molar-refractivity contribution in [3.8, 4) is 16.9 Å². The molecule has 1 N–H and O–H groups in total. The van der Waals surface area contributed by atoms with Gasteiger partial charge in [-0.2, -0.15) is 0 Å². The van der Waals surface area contributed by atoms with E-state index in [0.717, 1.165) is 17.0 Å². The molecule has 0 saturated carbocycles. The summed E-state index contributed by atoms with van der Waals surface area (Å²) in [6.45, 7) is 5.49. The lowest BCUT2D eigenvalue weighted by Gasteiger charge is -2.09. The van der Waals surface area contributed by atoms with E-state index in [1.54, 1.807) is 25.1 Å². The summed E-state index contributed by atoms with van der Waals surface area (Å²) in [6, 6.07) is 10.8. The van der Waals surface area contributed by atoms with Crippen LogP contribution in [0.1, 0.15) is 27.6 Å². The van der Waals surface area contributed by atoms with E-state index in [4.69, 9.17) is 8.94 Å². The highest BCUT2D eigenvalue weighted by Crippen LogP contribution is 2.30. The van der Waals surface area contributed by atoms with Gasteiger partial charge in [0.05, 0.1) is 28.0 Å². The van der Waals surface area contributed by atoms with Gasteiger partial charge in [-0.15, -0.1) is 5.10 Å². The second kappa shape index (κ2) is 7.17. The first kappa shape index (κ1) is 18.7. The maximum absolute atomic E-state index is 13.2. The summed E-state index contributed by atoms with van der Waals surface area (Å²) in [4.78, 5) is 17.7. The van der Waals surface area contributed by atoms with Crippen molar-refractivity contribution in [3.05, 3.63) is 65.5 Å². The fourth-order valence-electron chi connectivity index (χ4n) is 3.47. The van der Waals surface area contributed by atoms with Crippen molar-refractivity contribution >= 4 is 22.7 Å². The fourth-order valence-corrected chi connectivity index (χ4v) is 3.47. The minimum atomic E-state index is -0.298. The molecule has 0 atom stereocenters. The molecule has 0 aliphatic rings. The van der Waals surface area contributed by atoms with Gasteiger partial charge in [-0.1, -0.05) is 5.16 Å². The summed E-state index contributed by atoms with van der Waals surface area (Å²) in [5.74, 6) is 1.18. The lowest BCUT2D eigenvalue weighted by molar-refractivity contribution is 0.102. The van der Waals surface area contributed by atoms with Gasteiger partial charge in [0.15, 0.2) is 0 Å². The van der Waals surface area contributed by atoms with E-state index in [1.165, 1.54) is 11.0 Å². The van der Waals surface area contributed by atoms with Gasteiger partial charge in [-0.05, 0) is 67.6 Å². The van der Waals surface area contributed by atoms with Crippen molar-refractivity contribution in [1.82, 2.24) is 30.3 Å². The number of nitrogens with zero attached hydrogens (tertiary/aromatic N) is 6. The first-order chi connectivity index (χ1) is 15.0. The predicted octanol–water partition coefficient (Wildman–Crippen LogP) is 3.64. The fraction of sp³-hybridized carbons (Fsp3) is 0.143. The number of furan rings is 1. The molecule has 0 bridgehead atoms. The Morgan fingerprint density at radius 2 is 1.90 bits per heavy atom. The minimum Gasteiger partial charge on any atom is -0.466 e. The Morgan fingerprint density at radius 3 is 2.58 bits per heavy atom. The average Bonchev–Trinajstić information content (AvgIpc) is 3.49. The number of carbonyl (C=O) groups is 1. The number of carbonyl (C=O) groups excluding carboxylic acids is 1. The van der Waals surface area contributed by atoms with Crippen molar-refractivity contribution in [2.45, 2.75) is 20.8 Å². The Bertz CT molecular complexity index is 1400. The molecule has 4 aromatic heterocycles. The molecule has 0 spiro atoms. The molecular formula is C21H17N7O3. The highest BCUT2D eigenvalue weighted by molar-refractivity contribution is 6.13. The van der Waals surface area contributed by atoms with Crippen LogP contribution in [-0.2, 0) is 0 Å². The van der Waals surface area contributed by atoms with Gasteiger partial charge in [-0.3, -0.25) is 4.79 Å². The smallest absolute Gasteiger partial charge is 0.259 e. The van der Waals surface area contributed by atoms with Gasteiger partial charge in [0, 0.05) is 11.3 Å². The lowest BCUT2D eigenvalue weighted by atomic mass is 10.1. The van der Waals surface area contributed by atoms with Crippen molar-refractivity contribution in [3.63, 3.8) is 0 Å².